The molecule has 9 heteroatoms. The van der Waals surface area contributed by atoms with Crippen LogP contribution in [0.2, 0.25) is 5.02 Å². The molecule has 116 valence electrons. The van der Waals surface area contributed by atoms with Crippen LogP contribution in [-0.2, 0) is 14.8 Å². The van der Waals surface area contributed by atoms with Crippen LogP contribution in [0.5, 0.6) is 0 Å². The van der Waals surface area contributed by atoms with E-state index in [1.165, 1.54) is 23.5 Å². The van der Waals surface area contributed by atoms with Gasteiger partial charge in [-0.3, -0.25) is 4.79 Å². The topological polar surface area (TPSA) is 104 Å². The Kier molecular flexibility index (Phi) is 4.97. The van der Waals surface area contributed by atoms with Crippen molar-refractivity contribution in [3.8, 4) is 0 Å². The van der Waals surface area contributed by atoms with Crippen molar-refractivity contribution in [3.05, 3.63) is 51.2 Å². The first-order chi connectivity index (χ1) is 10.3. The monoisotopic (exact) mass is 359 g/mol. The predicted molar refractivity (Wildman–Crippen MR) is 81.8 cm³/mol. The summed E-state index contributed by atoms with van der Waals surface area (Å²) in [5, 5.41) is 6.71. The summed E-state index contributed by atoms with van der Waals surface area (Å²) in [5.41, 5.74) is -0.174. The number of thiophene rings is 1. The highest BCUT2D eigenvalue weighted by atomic mass is 35.5. The lowest BCUT2D eigenvalue weighted by Gasteiger charge is -2.07. The highest BCUT2D eigenvalue weighted by molar-refractivity contribution is 7.89. The van der Waals surface area contributed by atoms with Gasteiger partial charge in [-0.25, -0.2) is 18.4 Å². The maximum absolute atomic E-state index is 11.9. The fourth-order valence-electron chi connectivity index (χ4n) is 1.55. The molecule has 0 radical (unpaired) electrons. The number of carbonyl (C=O) groups is 2. The summed E-state index contributed by atoms with van der Waals surface area (Å²) < 4.78 is 27.4. The summed E-state index contributed by atoms with van der Waals surface area (Å²) in [6, 6.07) is 6.71. The Balaban J connectivity index is 2.14. The predicted octanol–water partition coefficient (Wildman–Crippen LogP) is 2.09. The number of carbonyl (C=O) groups excluding carboxylic acids is 2. The average molecular weight is 360 g/mol. The molecule has 0 fully saturated rings. The van der Waals surface area contributed by atoms with Crippen LogP contribution < -0.4 is 5.14 Å². The molecular weight excluding hydrogens is 350 g/mol. The zero-order valence-corrected chi connectivity index (χ0v) is 13.4. The highest BCUT2D eigenvalue weighted by Crippen LogP contribution is 2.21. The molecule has 2 rings (SSSR count). The first-order valence-electron chi connectivity index (χ1n) is 5.85. The van der Waals surface area contributed by atoms with E-state index in [2.05, 4.69) is 0 Å². The first-order valence-corrected chi connectivity index (χ1v) is 8.65. The average Bonchev–Trinajstić information content (AvgIpc) is 2.97. The van der Waals surface area contributed by atoms with Crippen molar-refractivity contribution in [1.29, 1.82) is 0 Å². The van der Waals surface area contributed by atoms with Gasteiger partial charge in [-0.2, -0.15) is 0 Å². The second kappa shape index (κ2) is 6.57. The molecule has 1 aromatic heterocycles. The molecule has 0 aliphatic rings. The van der Waals surface area contributed by atoms with Gasteiger partial charge in [0.05, 0.1) is 20.4 Å². The van der Waals surface area contributed by atoms with Gasteiger partial charge in [0.25, 0.3) is 0 Å². The fourth-order valence-corrected chi connectivity index (χ4v) is 2.94. The molecule has 2 N–H and O–H groups in total. The van der Waals surface area contributed by atoms with Gasteiger partial charge in [0.15, 0.2) is 6.61 Å². The van der Waals surface area contributed by atoms with E-state index >= 15 is 0 Å². The van der Waals surface area contributed by atoms with E-state index < -0.39 is 22.6 Å². The van der Waals surface area contributed by atoms with Gasteiger partial charge in [0.2, 0.25) is 15.8 Å². The van der Waals surface area contributed by atoms with Crippen LogP contribution in [0.1, 0.15) is 20.0 Å². The second-order valence-corrected chi connectivity index (χ2v) is 7.08. The minimum absolute atomic E-state index is 0.000901. The number of esters is 1. The lowest BCUT2D eigenvalue weighted by molar-refractivity contribution is 0.0475. The zero-order chi connectivity index (χ0) is 16.3. The third kappa shape index (κ3) is 3.92. The Labute approximate surface area is 135 Å². The van der Waals surface area contributed by atoms with Gasteiger partial charge < -0.3 is 4.74 Å². The standard InChI is InChI=1S/C13H10ClNO5S2/c14-10-4-3-8(22(15,18)19)6-9(10)13(17)20-7-11(16)12-2-1-5-21-12/h1-6H,7H2,(H2,15,18,19). The van der Waals surface area contributed by atoms with Crippen molar-refractivity contribution in [2.75, 3.05) is 6.61 Å². The number of hydrogen-bond donors (Lipinski definition) is 1. The summed E-state index contributed by atoms with van der Waals surface area (Å²) in [5.74, 6) is -1.26. The summed E-state index contributed by atoms with van der Waals surface area (Å²) in [6.07, 6.45) is 0. The number of ketones is 1. The fraction of sp³-hybridized carbons (Fsp3) is 0.0769. The van der Waals surface area contributed by atoms with E-state index in [0.717, 1.165) is 6.07 Å². The molecule has 0 spiro atoms. The first kappa shape index (κ1) is 16.6. The van der Waals surface area contributed by atoms with E-state index in [-0.39, 0.29) is 21.3 Å². The highest BCUT2D eigenvalue weighted by Gasteiger charge is 2.18. The number of rotatable bonds is 5. The molecule has 6 nitrogen and oxygen atoms in total. The summed E-state index contributed by atoms with van der Waals surface area (Å²) in [7, 11) is -3.97. The molecule has 0 bridgehead atoms. The van der Waals surface area contributed by atoms with E-state index in [0.29, 0.717) is 4.88 Å². The quantitative estimate of drug-likeness (QED) is 0.650. The minimum Gasteiger partial charge on any atom is -0.454 e. The number of primary sulfonamides is 1. The maximum atomic E-state index is 11.9. The van der Waals surface area contributed by atoms with Gasteiger partial charge in [0, 0.05) is 0 Å². The number of nitrogens with two attached hydrogens (primary N) is 1. The Morgan fingerprint density at radius 1 is 1.27 bits per heavy atom. The third-order valence-corrected chi connectivity index (χ3v) is 4.77. The second-order valence-electron chi connectivity index (χ2n) is 4.16. The largest absolute Gasteiger partial charge is 0.454 e. The summed E-state index contributed by atoms with van der Waals surface area (Å²) in [4.78, 5) is 23.9. The molecule has 0 unspecified atom stereocenters. The summed E-state index contributed by atoms with van der Waals surface area (Å²) in [6.45, 7) is -0.463. The Morgan fingerprint density at radius 2 is 2.00 bits per heavy atom. The van der Waals surface area contributed by atoms with E-state index in [1.54, 1.807) is 17.5 Å². The lowest BCUT2D eigenvalue weighted by Crippen LogP contribution is -2.16. The molecule has 0 atom stereocenters. The van der Waals surface area contributed by atoms with Crippen molar-refractivity contribution >= 4 is 44.7 Å². The van der Waals surface area contributed by atoms with Gasteiger partial charge in [-0.15, -0.1) is 11.3 Å². The number of benzene rings is 1. The molecule has 0 aliphatic heterocycles. The molecule has 0 amide bonds. The van der Waals surface area contributed by atoms with E-state index in [4.69, 9.17) is 21.5 Å². The number of sulfonamides is 1. The van der Waals surface area contributed by atoms with Crippen LogP contribution in [0.15, 0.2) is 40.6 Å². The van der Waals surface area contributed by atoms with Gasteiger partial charge >= 0.3 is 5.97 Å². The number of halogens is 1. The minimum atomic E-state index is -3.97. The smallest absolute Gasteiger partial charge is 0.340 e. The number of hydrogen-bond acceptors (Lipinski definition) is 6. The SMILES string of the molecule is NS(=O)(=O)c1ccc(Cl)c(C(=O)OCC(=O)c2cccs2)c1. The van der Waals surface area contributed by atoms with Crippen molar-refractivity contribution in [2.45, 2.75) is 4.90 Å². The van der Waals surface area contributed by atoms with Crippen LogP contribution in [-0.4, -0.2) is 26.8 Å². The molecule has 1 heterocycles. The molecule has 2 aromatic rings. The van der Waals surface area contributed by atoms with E-state index in [9.17, 15) is 18.0 Å². The number of Topliss-reactive ketones (excluding diaryl/α,β-unsaturated/α-hetero) is 1. The van der Waals surface area contributed by atoms with Crippen LogP contribution in [0, 0.1) is 0 Å². The van der Waals surface area contributed by atoms with Crippen LogP contribution >= 0.6 is 22.9 Å². The van der Waals surface area contributed by atoms with Crippen LogP contribution in [0.3, 0.4) is 0 Å². The number of ether oxygens (including phenoxy) is 1. The lowest BCUT2D eigenvalue weighted by atomic mass is 10.2. The van der Waals surface area contributed by atoms with Gasteiger partial charge in [-0.05, 0) is 29.6 Å². The Hall–Kier alpha value is -1.74. The Bertz CT molecular complexity index is 815. The van der Waals surface area contributed by atoms with Crippen molar-refractivity contribution in [1.82, 2.24) is 0 Å². The van der Waals surface area contributed by atoms with Crippen molar-refractivity contribution in [2.24, 2.45) is 5.14 Å². The van der Waals surface area contributed by atoms with E-state index in [1.807, 2.05) is 0 Å². The normalized spacial score (nSPS) is 11.2. The van der Waals surface area contributed by atoms with Gasteiger partial charge in [0.1, 0.15) is 0 Å². The Morgan fingerprint density at radius 3 is 2.59 bits per heavy atom. The zero-order valence-electron chi connectivity index (χ0n) is 11.0. The molecular formula is C13H10ClNO5S2. The third-order valence-electron chi connectivity index (χ3n) is 2.62. The maximum Gasteiger partial charge on any atom is 0.340 e. The van der Waals surface area contributed by atoms with Crippen LogP contribution in [0.25, 0.3) is 0 Å². The summed E-state index contributed by atoms with van der Waals surface area (Å²) >= 11 is 7.06. The molecule has 22 heavy (non-hydrogen) atoms. The molecule has 0 saturated carbocycles. The molecule has 0 aliphatic carbocycles. The molecule has 0 saturated heterocycles. The van der Waals surface area contributed by atoms with Crippen molar-refractivity contribution in [3.63, 3.8) is 0 Å². The van der Waals surface area contributed by atoms with Gasteiger partial charge in [-0.1, -0.05) is 17.7 Å². The molecule has 1 aromatic carbocycles. The van der Waals surface area contributed by atoms with Crippen molar-refractivity contribution < 1.29 is 22.7 Å². The van der Waals surface area contributed by atoms with Crippen LogP contribution in [0.4, 0.5) is 0 Å².